The number of carbonyl (C=O) groups excluding carboxylic acids is 3. The Bertz CT molecular complexity index is 1200. The first-order valence-corrected chi connectivity index (χ1v) is 13.8. The predicted molar refractivity (Wildman–Crippen MR) is 153 cm³/mol. The van der Waals surface area contributed by atoms with E-state index >= 15 is 0 Å². The van der Waals surface area contributed by atoms with Crippen molar-refractivity contribution in [1.82, 2.24) is 20.9 Å². The summed E-state index contributed by atoms with van der Waals surface area (Å²) >= 11 is 0. The molecule has 226 valence electrons. The molecule has 0 spiro atoms. The highest BCUT2D eigenvalue weighted by Crippen LogP contribution is 2.19. The Morgan fingerprint density at radius 3 is 2.24 bits per heavy atom. The highest BCUT2D eigenvalue weighted by atomic mass is 16.4. The summed E-state index contributed by atoms with van der Waals surface area (Å²) in [6.45, 7) is 4.00. The van der Waals surface area contributed by atoms with Crippen LogP contribution in [0.25, 0.3) is 10.9 Å². The van der Waals surface area contributed by atoms with Gasteiger partial charge in [0.2, 0.25) is 17.7 Å². The third kappa shape index (κ3) is 10.2. The van der Waals surface area contributed by atoms with E-state index in [-0.39, 0.29) is 25.2 Å². The second-order valence-electron chi connectivity index (χ2n) is 10.2. The Balaban J connectivity index is 2.14. The van der Waals surface area contributed by atoms with Crippen LogP contribution in [0.1, 0.15) is 57.9 Å². The summed E-state index contributed by atoms with van der Waals surface area (Å²) in [5, 5.41) is 27.0. The molecule has 5 atom stereocenters. The number of unbranched alkanes of at least 4 members (excludes halogenated alkanes) is 1. The number of carboxylic acid groups (broad SMARTS) is 2. The van der Waals surface area contributed by atoms with Gasteiger partial charge in [-0.1, -0.05) is 38.5 Å². The lowest BCUT2D eigenvalue weighted by Crippen LogP contribution is -2.58. The Morgan fingerprint density at radius 2 is 1.61 bits per heavy atom. The number of fused-ring (bicyclic) bond motifs is 1. The summed E-state index contributed by atoms with van der Waals surface area (Å²) in [5.74, 6) is -4.81. The van der Waals surface area contributed by atoms with Gasteiger partial charge in [-0.2, -0.15) is 0 Å². The number of amides is 3. The quantitative estimate of drug-likeness (QED) is 0.116. The van der Waals surface area contributed by atoms with Crippen LogP contribution in [0, 0.1) is 5.92 Å². The van der Waals surface area contributed by atoms with E-state index in [9.17, 15) is 29.1 Å². The molecule has 13 heteroatoms. The van der Waals surface area contributed by atoms with Gasteiger partial charge in [0.25, 0.3) is 0 Å². The van der Waals surface area contributed by atoms with Crippen LogP contribution in [0.15, 0.2) is 30.5 Å². The minimum atomic E-state index is -1.44. The minimum absolute atomic E-state index is 0.168. The van der Waals surface area contributed by atoms with Crippen molar-refractivity contribution in [2.45, 2.75) is 83.0 Å². The number of hydrogen-bond acceptors (Lipinski definition) is 7. The molecule has 41 heavy (non-hydrogen) atoms. The zero-order valence-corrected chi connectivity index (χ0v) is 23.5. The summed E-state index contributed by atoms with van der Waals surface area (Å²) in [6.07, 6.45) is 3.00. The third-order valence-electron chi connectivity index (χ3n) is 7.09. The lowest BCUT2D eigenvalue weighted by Gasteiger charge is -2.28. The smallest absolute Gasteiger partial charge is 0.326 e. The fraction of sp³-hybridized carbons (Fsp3) is 0.536. The van der Waals surface area contributed by atoms with Crippen LogP contribution in [0.4, 0.5) is 0 Å². The fourth-order valence-corrected chi connectivity index (χ4v) is 4.41. The van der Waals surface area contributed by atoms with Gasteiger partial charge in [0, 0.05) is 23.5 Å². The summed E-state index contributed by atoms with van der Waals surface area (Å²) < 4.78 is 0. The first-order valence-electron chi connectivity index (χ1n) is 13.8. The molecular weight excluding hydrogens is 532 g/mol. The van der Waals surface area contributed by atoms with Crippen molar-refractivity contribution >= 4 is 40.6 Å². The van der Waals surface area contributed by atoms with E-state index < -0.39 is 60.2 Å². The zero-order valence-electron chi connectivity index (χ0n) is 23.5. The number of hydrogen-bond donors (Lipinski definition) is 8. The Morgan fingerprint density at radius 1 is 0.927 bits per heavy atom. The number of carbonyl (C=O) groups is 5. The molecule has 10 N–H and O–H groups in total. The number of aliphatic carboxylic acids is 2. The van der Waals surface area contributed by atoms with Gasteiger partial charge in [-0.15, -0.1) is 0 Å². The van der Waals surface area contributed by atoms with Crippen LogP contribution < -0.4 is 27.4 Å². The molecule has 2 aromatic rings. The molecule has 0 aliphatic heterocycles. The van der Waals surface area contributed by atoms with E-state index in [1.165, 1.54) is 0 Å². The number of benzene rings is 1. The van der Waals surface area contributed by atoms with Gasteiger partial charge in [-0.05, 0) is 56.2 Å². The number of nitrogens with one attached hydrogen (secondary N) is 4. The molecule has 5 unspecified atom stereocenters. The van der Waals surface area contributed by atoms with Crippen LogP contribution in [0.2, 0.25) is 0 Å². The SMILES string of the molecule is CCC(C)C(NC(=O)C(N)Cc1c[nH]c2ccccc12)C(=O)NC(CCCCN)C(=O)NC(CCC(=O)O)C(=O)O. The number of para-hydroxylation sites is 1. The van der Waals surface area contributed by atoms with Gasteiger partial charge in [-0.25, -0.2) is 4.79 Å². The van der Waals surface area contributed by atoms with Crippen LogP contribution >= 0.6 is 0 Å². The maximum absolute atomic E-state index is 13.4. The molecule has 0 fully saturated rings. The van der Waals surface area contributed by atoms with Crippen molar-refractivity contribution in [2.24, 2.45) is 17.4 Å². The third-order valence-corrected chi connectivity index (χ3v) is 7.09. The zero-order chi connectivity index (χ0) is 30.5. The Kier molecular flexibility index (Phi) is 13.2. The van der Waals surface area contributed by atoms with Gasteiger partial charge in [0.1, 0.15) is 18.1 Å². The molecule has 13 nitrogen and oxygen atoms in total. The van der Waals surface area contributed by atoms with Gasteiger partial charge in [-0.3, -0.25) is 19.2 Å². The van der Waals surface area contributed by atoms with Gasteiger partial charge < -0.3 is 42.6 Å². The van der Waals surface area contributed by atoms with Crippen LogP contribution in [0.3, 0.4) is 0 Å². The van der Waals surface area contributed by atoms with Crippen LogP contribution in [-0.4, -0.2) is 75.6 Å². The van der Waals surface area contributed by atoms with E-state index in [0.717, 1.165) is 16.5 Å². The molecule has 1 aromatic carbocycles. The molecule has 0 saturated carbocycles. The van der Waals surface area contributed by atoms with Crippen LogP contribution in [0.5, 0.6) is 0 Å². The van der Waals surface area contributed by atoms with Crippen molar-refractivity contribution in [1.29, 1.82) is 0 Å². The summed E-state index contributed by atoms with van der Waals surface area (Å²) in [7, 11) is 0. The molecular formula is C28H42N6O7. The highest BCUT2D eigenvalue weighted by Gasteiger charge is 2.32. The van der Waals surface area contributed by atoms with Gasteiger partial charge in [0.05, 0.1) is 6.04 Å². The monoisotopic (exact) mass is 574 g/mol. The Hall–Kier alpha value is -3.97. The number of H-pyrrole nitrogens is 1. The number of carboxylic acids is 2. The fourth-order valence-electron chi connectivity index (χ4n) is 4.41. The maximum Gasteiger partial charge on any atom is 0.326 e. The second kappa shape index (κ2) is 16.3. The molecule has 3 amide bonds. The molecule has 0 radical (unpaired) electrons. The number of nitrogens with two attached hydrogens (primary N) is 2. The number of aromatic amines is 1. The van der Waals surface area contributed by atoms with Crippen molar-refractivity contribution in [2.75, 3.05) is 6.54 Å². The lowest BCUT2D eigenvalue weighted by atomic mass is 9.96. The van der Waals surface area contributed by atoms with Crippen molar-refractivity contribution in [3.8, 4) is 0 Å². The lowest BCUT2D eigenvalue weighted by molar-refractivity contribution is -0.143. The average Bonchev–Trinajstić information content (AvgIpc) is 3.34. The summed E-state index contributed by atoms with van der Waals surface area (Å²) in [4.78, 5) is 65.1. The van der Waals surface area contributed by atoms with E-state index in [4.69, 9.17) is 16.6 Å². The molecule has 1 heterocycles. The molecule has 1 aromatic heterocycles. The van der Waals surface area contributed by atoms with E-state index in [1.807, 2.05) is 31.2 Å². The predicted octanol–water partition coefficient (Wildman–Crippen LogP) is 0.617. The normalized spacial score (nSPS) is 14.8. The summed E-state index contributed by atoms with van der Waals surface area (Å²) in [5.41, 5.74) is 13.6. The molecule has 0 aliphatic rings. The molecule has 2 rings (SSSR count). The molecule has 0 saturated heterocycles. The van der Waals surface area contributed by atoms with E-state index in [1.54, 1.807) is 13.1 Å². The van der Waals surface area contributed by atoms with E-state index in [2.05, 4.69) is 20.9 Å². The highest BCUT2D eigenvalue weighted by molar-refractivity contribution is 5.94. The van der Waals surface area contributed by atoms with Crippen LogP contribution in [-0.2, 0) is 30.4 Å². The topological polar surface area (TPSA) is 230 Å². The van der Waals surface area contributed by atoms with Crippen molar-refractivity contribution in [3.63, 3.8) is 0 Å². The van der Waals surface area contributed by atoms with Gasteiger partial charge >= 0.3 is 11.9 Å². The number of rotatable bonds is 18. The first-order chi connectivity index (χ1) is 19.5. The van der Waals surface area contributed by atoms with Gasteiger partial charge in [0.15, 0.2) is 0 Å². The summed E-state index contributed by atoms with van der Waals surface area (Å²) in [6, 6.07) is 3.11. The number of aromatic nitrogens is 1. The largest absolute Gasteiger partial charge is 0.481 e. The standard InChI is InChI=1S/C28H42N6O7/c1-3-16(2)24(34-25(37)19(30)14-17-15-31-20-9-5-4-8-18(17)20)27(39)32-21(10-6-7-13-29)26(38)33-22(28(40)41)11-12-23(35)36/h4-5,8-9,15-16,19,21-22,24,31H,3,6-7,10-14,29-30H2,1-2H3,(H,32,39)(H,33,38)(H,34,37)(H,35,36)(H,40,41). The van der Waals surface area contributed by atoms with E-state index in [0.29, 0.717) is 25.8 Å². The van der Waals surface area contributed by atoms with Crippen molar-refractivity contribution in [3.05, 3.63) is 36.0 Å². The Labute approximate surface area is 238 Å². The van der Waals surface area contributed by atoms with Crippen molar-refractivity contribution < 1.29 is 34.2 Å². The molecule has 0 aliphatic carbocycles. The second-order valence-corrected chi connectivity index (χ2v) is 10.2. The first kappa shape index (κ1) is 33.2. The maximum atomic E-state index is 13.4. The molecule has 0 bridgehead atoms. The average molecular weight is 575 g/mol. The minimum Gasteiger partial charge on any atom is -0.481 e.